The van der Waals surface area contributed by atoms with E-state index >= 15 is 0 Å². The first-order valence-corrected chi connectivity index (χ1v) is 23.4. The Balaban J connectivity index is 0.00000688. The number of aromatic nitrogens is 3. The molecule has 11 rings (SSSR count). The maximum atomic E-state index is 8.42. The molecule has 0 unspecified atom stereocenters. The van der Waals surface area contributed by atoms with Gasteiger partial charge < -0.3 is 15.0 Å². The fourth-order valence-corrected chi connectivity index (χ4v) is 10.1. The Bertz CT molecular complexity index is 3780. The third-order valence-corrected chi connectivity index (χ3v) is 13.7. The van der Waals surface area contributed by atoms with E-state index in [1.807, 2.05) is 66.7 Å². The minimum atomic E-state index is -2.37. The Labute approximate surface area is 435 Å². The molecule has 3 nitrogen and oxygen atoms in total. The average Bonchev–Trinajstić information content (AvgIpc) is 3.97. The largest absolute Gasteiger partial charge is 3.00 e. The van der Waals surface area contributed by atoms with Gasteiger partial charge in [0.2, 0.25) is 0 Å². The smallest absolute Gasteiger partial charge is 0.304 e. The van der Waals surface area contributed by atoms with E-state index in [9.17, 15) is 0 Å². The average molecular weight is 1090 g/mol. The number of fused-ring (bicyclic) bond motifs is 3. The van der Waals surface area contributed by atoms with Crippen LogP contribution in [0.5, 0.6) is 0 Å². The van der Waals surface area contributed by atoms with E-state index in [1.165, 1.54) is 39.8 Å². The van der Waals surface area contributed by atoms with Gasteiger partial charge in [-0.15, -0.1) is 112 Å². The number of rotatable bonds is 12. The van der Waals surface area contributed by atoms with Crippen LogP contribution in [0, 0.1) is 38.8 Å². The molecule has 0 saturated carbocycles. The number of aryl methyl sites for hydroxylation is 7. The quantitative estimate of drug-likeness (QED) is 0.114. The fraction of sp³-hybridized carbons (Fsp3) is 0.109. The molecular formula is C64H48IrN3S. The van der Waals surface area contributed by atoms with Crippen molar-refractivity contribution < 1.29 is 32.4 Å². The van der Waals surface area contributed by atoms with Gasteiger partial charge in [-0.2, -0.15) is 0 Å². The number of nitrogens with zero attached hydrogens (tertiary/aromatic N) is 3. The second-order valence-corrected chi connectivity index (χ2v) is 18.2. The van der Waals surface area contributed by atoms with Gasteiger partial charge in [0.05, 0.1) is 0 Å². The monoisotopic (exact) mass is 1090 g/mol. The summed E-state index contributed by atoms with van der Waals surface area (Å²) in [6.45, 7) is -6.80. The van der Waals surface area contributed by atoms with Crippen molar-refractivity contribution in [3.63, 3.8) is 0 Å². The molecule has 0 N–H and O–H groups in total. The number of thiophene rings is 1. The summed E-state index contributed by atoms with van der Waals surface area (Å²) in [5.74, 6) is 0. The van der Waals surface area contributed by atoms with Gasteiger partial charge in [-0.1, -0.05) is 127 Å². The van der Waals surface area contributed by atoms with Gasteiger partial charge in [0.25, 0.3) is 0 Å². The molecule has 0 bridgehead atoms. The first-order chi connectivity index (χ1) is 37.0. The molecule has 334 valence electrons. The molecule has 0 atom stereocenters. The van der Waals surface area contributed by atoms with Crippen LogP contribution in [-0.2, 0) is 45.8 Å². The second kappa shape index (κ2) is 20.2. The van der Waals surface area contributed by atoms with Crippen LogP contribution in [0.4, 0.5) is 0 Å². The molecule has 0 aliphatic rings. The third-order valence-electron chi connectivity index (χ3n) is 12.5. The van der Waals surface area contributed by atoms with Gasteiger partial charge in [-0.05, 0) is 113 Å². The van der Waals surface area contributed by atoms with E-state index in [2.05, 4.69) is 112 Å². The summed E-state index contributed by atoms with van der Waals surface area (Å²) in [4.78, 5) is 13.5. The Kier molecular flexibility index (Phi) is 10.5. The van der Waals surface area contributed by atoms with Gasteiger partial charge in [0, 0.05) is 51.1 Å². The van der Waals surface area contributed by atoms with Crippen LogP contribution in [0.25, 0.3) is 87.3 Å². The summed E-state index contributed by atoms with van der Waals surface area (Å²) in [6.07, 6.45) is 7.37. The van der Waals surface area contributed by atoms with E-state index in [-0.39, 0.29) is 36.8 Å². The molecule has 5 heteroatoms. The molecule has 0 saturated heterocycles. The Morgan fingerprint density at radius 2 is 0.986 bits per heavy atom. The van der Waals surface area contributed by atoms with Gasteiger partial charge in [0.1, 0.15) is 0 Å². The van der Waals surface area contributed by atoms with Crippen LogP contribution in [0.3, 0.4) is 0 Å². The number of pyridine rings is 3. The SMILES string of the molecule is [2H]C([2H])([2H])c1ccc(-c2[c-]cc(CCc3cc(CCc4c[c-]c(-c5ccc(C([2H])([2H])[2H])cn5)cc4)cc(-c4ccccc4-c4c[c-]c(-c5cc(-c6ccc7c(c6)sc6ccccc67)c(C([2H])([2H])[2H])cn5)cc4)c3)cc2)nc1.[Ir+3]. The summed E-state index contributed by atoms with van der Waals surface area (Å²) in [5, 5.41) is 2.33. The van der Waals surface area contributed by atoms with E-state index in [0.29, 0.717) is 22.6 Å². The molecule has 69 heavy (non-hydrogen) atoms. The Morgan fingerprint density at radius 1 is 0.420 bits per heavy atom. The molecule has 0 amide bonds. The van der Waals surface area contributed by atoms with Crippen LogP contribution < -0.4 is 0 Å². The maximum absolute atomic E-state index is 8.42. The summed E-state index contributed by atoms with van der Waals surface area (Å²) in [7, 11) is 0. The summed E-state index contributed by atoms with van der Waals surface area (Å²) in [5.41, 5.74) is 15.1. The zero-order valence-electron chi connectivity index (χ0n) is 46.3. The molecule has 4 heterocycles. The van der Waals surface area contributed by atoms with Crippen molar-refractivity contribution in [2.45, 2.75) is 46.2 Å². The van der Waals surface area contributed by atoms with E-state index < -0.39 is 20.6 Å². The van der Waals surface area contributed by atoms with Crippen LogP contribution in [-0.4, -0.2) is 15.0 Å². The molecule has 0 radical (unpaired) electrons. The molecule has 0 fully saturated rings. The third kappa shape index (κ3) is 10.0. The summed E-state index contributed by atoms with van der Waals surface area (Å²) in [6, 6.07) is 66.6. The molecule has 0 aliphatic heterocycles. The van der Waals surface area contributed by atoms with E-state index in [0.717, 1.165) is 91.4 Å². The standard InChI is InChI=1S/C64H48N3S.Ir/c1-42-12-32-60(65-39-42)50-22-18-45(19-23-50)14-16-47-34-48(17-15-46-20-24-51(25-21-46)61-33-13-43(2)40-66-61)36-54(35-47)56-9-5-4-8-55(56)49-26-28-52(29-27-49)62-38-59(44(3)41-67-62)53-30-31-58-57-10-6-7-11-63(57)68-64(58)37-53;/h4-13,18-22,24,26-28,30-41H,14-17H2,1-3H3;/q-3;+3/i1D3,2D3,3D3;. The molecule has 0 spiro atoms. The summed E-state index contributed by atoms with van der Waals surface area (Å²) >= 11 is 1.70. The van der Waals surface area contributed by atoms with Crippen LogP contribution in [0.15, 0.2) is 188 Å². The van der Waals surface area contributed by atoms with Crippen LogP contribution in [0.1, 0.15) is 51.3 Å². The zero-order chi connectivity index (χ0) is 53.5. The van der Waals surface area contributed by atoms with E-state index in [1.54, 1.807) is 35.6 Å². The van der Waals surface area contributed by atoms with Crippen LogP contribution in [0.2, 0.25) is 0 Å². The van der Waals surface area contributed by atoms with Gasteiger partial charge >= 0.3 is 20.1 Å². The first-order valence-electron chi connectivity index (χ1n) is 27.1. The van der Waals surface area contributed by atoms with Crippen molar-refractivity contribution in [1.29, 1.82) is 0 Å². The molecule has 11 aromatic rings. The van der Waals surface area contributed by atoms with Crippen molar-refractivity contribution in [3.8, 4) is 67.2 Å². The number of benzene rings is 7. The number of hydrogen-bond donors (Lipinski definition) is 0. The Morgan fingerprint density at radius 3 is 1.58 bits per heavy atom. The first kappa shape index (κ1) is 35.9. The molecule has 4 aromatic heterocycles. The maximum Gasteiger partial charge on any atom is 3.00 e. The van der Waals surface area contributed by atoms with Gasteiger partial charge in [-0.3, -0.25) is 0 Å². The predicted molar refractivity (Wildman–Crippen MR) is 284 cm³/mol. The normalized spacial score (nSPS) is 13.7. The minimum absolute atomic E-state index is 0. The van der Waals surface area contributed by atoms with Crippen molar-refractivity contribution in [2.24, 2.45) is 0 Å². The topological polar surface area (TPSA) is 38.7 Å². The van der Waals surface area contributed by atoms with Gasteiger partial charge in [0.15, 0.2) is 0 Å². The van der Waals surface area contributed by atoms with E-state index in [4.69, 9.17) is 12.3 Å². The van der Waals surface area contributed by atoms with Gasteiger partial charge in [-0.25, -0.2) is 0 Å². The second-order valence-electron chi connectivity index (χ2n) is 17.1. The van der Waals surface area contributed by atoms with Crippen molar-refractivity contribution in [1.82, 2.24) is 15.0 Å². The zero-order valence-corrected chi connectivity index (χ0v) is 40.5. The van der Waals surface area contributed by atoms with Crippen molar-refractivity contribution in [3.05, 3.63) is 246 Å². The van der Waals surface area contributed by atoms with Crippen molar-refractivity contribution >= 4 is 31.5 Å². The Hall–Kier alpha value is -7.14. The molecule has 0 aliphatic carbocycles. The predicted octanol–water partition coefficient (Wildman–Crippen LogP) is 16.1. The number of hydrogen-bond acceptors (Lipinski definition) is 4. The fourth-order valence-electron chi connectivity index (χ4n) is 8.91. The minimum Gasteiger partial charge on any atom is -0.304 e. The van der Waals surface area contributed by atoms with Crippen molar-refractivity contribution in [2.75, 3.05) is 0 Å². The van der Waals surface area contributed by atoms with Crippen LogP contribution >= 0.6 is 11.3 Å². The molecular weight excluding hydrogens is 1040 g/mol. The molecule has 7 aromatic carbocycles. The summed E-state index contributed by atoms with van der Waals surface area (Å²) < 4.78 is 73.7.